The molecule has 0 bridgehead atoms. The minimum Gasteiger partial charge on any atom is -0.375 e. The third kappa shape index (κ3) is 1.72. The van der Waals surface area contributed by atoms with E-state index in [1.165, 1.54) is 6.42 Å². The molecule has 2 aliphatic rings. The maximum absolute atomic E-state index is 5.68. The molecule has 0 spiro atoms. The van der Waals surface area contributed by atoms with Crippen LogP contribution < -0.4 is 10.6 Å². The van der Waals surface area contributed by atoms with Gasteiger partial charge in [0.25, 0.3) is 0 Å². The second-order valence-corrected chi connectivity index (χ2v) is 3.37. The van der Waals surface area contributed by atoms with E-state index in [1.807, 2.05) is 0 Å². The van der Waals surface area contributed by atoms with E-state index in [9.17, 15) is 0 Å². The summed E-state index contributed by atoms with van der Waals surface area (Å²) in [7, 11) is 0. The van der Waals surface area contributed by atoms with Crippen LogP contribution in [0.15, 0.2) is 0 Å². The van der Waals surface area contributed by atoms with Gasteiger partial charge in [-0.1, -0.05) is 0 Å². The van der Waals surface area contributed by atoms with E-state index in [0.717, 1.165) is 38.7 Å². The first-order valence-electron chi connectivity index (χ1n) is 4.50. The van der Waals surface area contributed by atoms with Crippen LogP contribution in [0.4, 0.5) is 0 Å². The third-order valence-electron chi connectivity index (χ3n) is 2.58. The summed E-state index contributed by atoms with van der Waals surface area (Å²) in [5, 5.41) is 6.75. The highest BCUT2D eigenvalue weighted by Gasteiger charge is 2.26. The van der Waals surface area contributed by atoms with Crippen molar-refractivity contribution in [2.24, 2.45) is 5.92 Å². The van der Waals surface area contributed by atoms with E-state index in [1.54, 1.807) is 0 Å². The maximum atomic E-state index is 5.68. The van der Waals surface area contributed by atoms with Gasteiger partial charge in [-0.2, -0.15) is 0 Å². The van der Waals surface area contributed by atoms with Crippen molar-refractivity contribution in [2.75, 3.05) is 32.8 Å². The molecule has 2 saturated heterocycles. The molecule has 3 nitrogen and oxygen atoms in total. The van der Waals surface area contributed by atoms with Crippen molar-refractivity contribution in [1.82, 2.24) is 10.6 Å². The predicted molar refractivity (Wildman–Crippen MR) is 43.6 cm³/mol. The summed E-state index contributed by atoms with van der Waals surface area (Å²) in [5.41, 5.74) is 0. The molecule has 0 saturated carbocycles. The Kier molecular flexibility index (Phi) is 2.41. The molecule has 2 N–H and O–H groups in total. The first kappa shape index (κ1) is 7.53. The zero-order chi connectivity index (χ0) is 7.52. The van der Waals surface area contributed by atoms with Crippen LogP contribution in [0.25, 0.3) is 0 Å². The quantitative estimate of drug-likeness (QED) is 0.500. The zero-order valence-corrected chi connectivity index (χ0v) is 6.81. The van der Waals surface area contributed by atoms with E-state index in [-0.39, 0.29) is 0 Å². The van der Waals surface area contributed by atoms with Crippen LogP contribution in [-0.2, 0) is 4.74 Å². The number of rotatable bonds is 0. The van der Waals surface area contributed by atoms with Gasteiger partial charge in [0.1, 0.15) is 0 Å². The molecule has 3 heteroatoms. The average Bonchev–Trinajstić information content (AvgIpc) is 2.28. The molecule has 0 aromatic rings. The second kappa shape index (κ2) is 3.52. The lowest BCUT2D eigenvalue weighted by Crippen LogP contribution is -2.43. The van der Waals surface area contributed by atoms with Crippen molar-refractivity contribution in [2.45, 2.75) is 12.5 Å². The van der Waals surface area contributed by atoms with Gasteiger partial charge < -0.3 is 15.4 Å². The number of ether oxygens (including phenoxy) is 1. The van der Waals surface area contributed by atoms with E-state index < -0.39 is 0 Å². The molecule has 2 atom stereocenters. The molecule has 2 unspecified atom stereocenters. The maximum Gasteiger partial charge on any atom is 0.0740 e. The molecule has 0 aromatic heterocycles. The smallest absolute Gasteiger partial charge is 0.0740 e. The molecule has 2 heterocycles. The minimum absolute atomic E-state index is 0.471. The fourth-order valence-electron chi connectivity index (χ4n) is 1.88. The summed E-state index contributed by atoms with van der Waals surface area (Å²) in [6.07, 6.45) is 1.73. The highest BCUT2D eigenvalue weighted by atomic mass is 16.5. The third-order valence-corrected chi connectivity index (χ3v) is 2.58. The van der Waals surface area contributed by atoms with Gasteiger partial charge >= 0.3 is 0 Å². The fraction of sp³-hybridized carbons (Fsp3) is 1.00. The molecule has 0 radical (unpaired) electrons. The Morgan fingerprint density at radius 3 is 3.00 bits per heavy atom. The molecule has 2 fully saturated rings. The van der Waals surface area contributed by atoms with Crippen LogP contribution in [0.2, 0.25) is 0 Å². The van der Waals surface area contributed by atoms with E-state index in [2.05, 4.69) is 10.6 Å². The van der Waals surface area contributed by atoms with Gasteiger partial charge in [-0.15, -0.1) is 0 Å². The first-order chi connectivity index (χ1) is 5.47. The van der Waals surface area contributed by atoms with Gasteiger partial charge in [-0.05, 0) is 13.0 Å². The summed E-state index contributed by atoms with van der Waals surface area (Å²) in [6, 6.07) is 0. The van der Waals surface area contributed by atoms with Crippen LogP contribution >= 0.6 is 0 Å². The SMILES string of the molecule is C1COC2CNCCC2CN1. The van der Waals surface area contributed by atoms with Gasteiger partial charge in [0.2, 0.25) is 0 Å². The van der Waals surface area contributed by atoms with Crippen molar-refractivity contribution < 1.29 is 4.74 Å². The van der Waals surface area contributed by atoms with Gasteiger partial charge in [0.15, 0.2) is 0 Å². The first-order valence-corrected chi connectivity index (χ1v) is 4.50. The molecular formula is C8H16N2O. The highest BCUT2D eigenvalue weighted by Crippen LogP contribution is 2.16. The fourth-order valence-corrected chi connectivity index (χ4v) is 1.88. The number of piperidine rings is 1. The summed E-state index contributed by atoms with van der Waals surface area (Å²) in [5.74, 6) is 0.749. The summed E-state index contributed by atoms with van der Waals surface area (Å²) < 4.78 is 5.68. The van der Waals surface area contributed by atoms with Crippen LogP contribution in [0.3, 0.4) is 0 Å². The van der Waals surface area contributed by atoms with Crippen LogP contribution in [-0.4, -0.2) is 38.9 Å². The Hall–Kier alpha value is -0.120. The van der Waals surface area contributed by atoms with Gasteiger partial charge in [-0.25, -0.2) is 0 Å². The van der Waals surface area contributed by atoms with E-state index in [0.29, 0.717) is 6.10 Å². The summed E-state index contributed by atoms with van der Waals surface area (Å²) in [4.78, 5) is 0. The molecule has 2 aliphatic heterocycles. The molecule has 64 valence electrons. The minimum atomic E-state index is 0.471. The molecule has 0 aromatic carbocycles. The van der Waals surface area contributed by atoms with Crippen LogP contribution in [0.5, 0.6) is 0 Å². The highest BCUT2D eigenvalue weighted by molar-refractivity contribution is 4.81. The van der Waals surface area contributed by atoms with Crippen molar-refractivity contribution in [3.63, 3.8) is 0 Å². The van der Waals surface area contributed by atoms with E-state index >= 15 is 0 Å². The Morgan fingerprint density at radius 1 is 1.09 bits per heavy atom. The predicted octanol–water partition coefficient (Wildman–Crippen LogP) is -0.416. The molecule has 11 heavy (non-hydrogen) atoms. The van der Waals surface area contributed by atoms with E-state index in [4.69, 9.17) is 4.74 Å². The molecular weight excluding hydrogens is 140 g/mol. The van der Waals surface area contributed by atoms with Gasteiger partial charge in [0.05, 0.1) is 12.7 Å². The number of hydrogen-bond donors (Lipinski definition) is 2. The lowest BCUT2D eigenvalue weighted by Gasteiger charge is -2.29. The molecule has 2 rings (SSSR count). The molecule has 0 aliphatic carbocycles. The normalized spacial score (nSPS) is 39.3. The number of fused-ring (bicyclic) bond motifs is 1. The largest absolute Gasteiger partial charge is 0.375 e. The Morgan fingerprint density at radius 2 is 2.00 bits per heavy atom. The monoisotopic (exact) mass is 156 g/mol. The topological polar surface area (TPSA) is 33.3 Å². The Labute approximate surface area is 67.5 Å². The summed E-state index contributed by atoms with van der Waals surface area (Å²) >= 11 is 0. The Balaban J connectivity index is 1.93. The number of hydrogen-bond acceptors (Lipinski definition) is 3. The average molecular weight is 156 g/mol. The lowest BCUT2D eigenvalue weighted by molar-refractivity contribution is 0.0179. The van der Waals surface area contributed by atoms with Crippen molar-refractivity contribution in [1.29, 1.82) is 0 Å². The summed E-state index contributed by atoms with van der Waals surface area (Å²) in [6.45, 7) is 5.25. The van der Waals surface area contributed by atoms with Gasteiger partial charge in [-0.3, -0.25) is 0 Å². The Bertz CT molecular complexity index is 115. The second-order valence-electron chi connectivity index (χ2n) is 3.37. The van der Waals surface area contributed by atoms with Crippen molar-refractivity contribution in [3.05, 3.63) is 0 Å². The standard InChI is InChI=1S/C8H16N2O/c1-2-9-6-8-7(1)5-10-3-4-11-8/h7-10H,1-6H2. The van der Waals surface area contributed by atoms with Gasteiger partial charge in [0, 0.05) is 25.6 Å². The van der Waals surface area contributed by atoms with Crippen LogP contribution in [0.1, 0.15) is 6.42 Å². The van der Waals surface area contributed by atoms with Crippen molar-refractivity contribution >= 4 is 0 Å². The molecule has 0 amide bonds. The lowest BCUT2D eigenvalue weighted by atomic mass is 9.95. The number of nitrogens with one attached hydrogen (secondary N) is 2. The van der Waals surface area contributed by atoms with Crippen molar-refractivity contribution in [3.8, 4) is 0 Å². The van der Waals surface area contributed by atoms with Crippen LogP contribution in [0, 0.1) is 5.92 Å². The zero-order valence-electron chi connectivity index (χ0n) is 6.81.